The van der Waals surface area contributed by atoms with Gasteiger partial charge in [-0.15, -0.1) is 63.0 Å². The zero-order chi connectivity index (χ0) is 33.7. The van der Waals surface area contributed by atoms with Gasteiger partial charge in [0.15, 0.2) is 0 Å². The van der Waals surface area contributed by atoms with Gasteiger partial charge in [-0.25, -0.2) is 0 Å². The molecule has 0 aliphatic heterocycles. The van der Waals surface area contributed by atoms with Crippen LogP contribution < -0.4 is 24.8 Å². The van der Waals surface area contributed by atoms with Gasteiger partial charge >= 0.3 is 41.9 Å². The summed E-state index contributed by atoms with van der Waals surface area (Å²) in [5, 5.41) is 5.38. The molecule has 0 aliphatic rings. The molecule has 250 valence electrons. The van der Waals surface area contributed by atoms with E-state index in [1.807, 2.05) is 0 Å². The van der Waals surface area contributed by atoms with Gasteiger partial charge in [0.25, 0.3) is 0 Å². The third-order valence-electron chi connectivity index (χ3n) is 8.52. The molecule has 0 radical (unpaired) electrons. The molecule has 7 aromatic carbocycles. The van der Waals surface area contributed by atoms with E-state index in [2.05, 4.69) is 182 Å². The molecule has 7 aromatic rings. The molecular formula is C45H46Cl2SiZr-2. The minimum atomic E-state index is 0. The summed E-state index contributed by atoms with van der Waals surface area (Å²) in [6, 6.07) is 46.9. The normalized spacial score (nSPS) is 10.4. The number of halogens is 2. The summed E-state index contributed by atoms with van der Waals surface area (Å²) in [6.07, 6.45) is 0. The van der Waals surface area contributed by atoms with Crippen LogP contribution in [0.4, 0.5) is 0 Å². The SMILES string of the molecule is C[Si](C)=[Zr+2].Cc1ccc(-c2cc(-c3ccc(C)cc3)c3cc(C)[cH-]c3c2)cc1.Cc1ccc(-c2cccc3[cH-]c(C(C)C)cc23)cc1.[Cl-].[Cl-]. The molecular weight excluding hydrogens is 731 g/mol. The van der Waals surface area contributed by atoms with Crippen molar-refractivity contribution in [3.8, 4) is 33.4 Å². The molecule has 4 heteroatoms. The largest absolute Gasteiger partial charge is 1.00 e. The second-order valence-electron chi connectivity index (χ2n) is 13.4. The van der Waals surface area contributed by atoms with Crippen molar-refractivity contribution in [3.63, 3.8) is 0 Å². The van der Waals surface area contributed by atoms with Gasteiger partial charge in [-0.1, -0.05) is 139 Å². The monoisotopic (exact) mass is 774 g/mol. The zero-order valence-electron chi connectivity index (χ0n) is 30.0. The molecule has 0 heterocycles. The number of benzene rings is 5. The van der Waals surface area contributed by atoms with Crippen LogP contribution in [0.25, 0.3) is 54.9 Å². The number of aryl methyl sites for hydroxylation is 4. The molecule has 0 saturated carbocycles. The van der Waals surface area contributed by atoms with Gasteiger partial charge in [0, 0.05) is 0 Å². The average molecular weight is 777 g/mol. The van der Waals surface area contributed by atoms with E-state index in [0.717, 1.165) is 0 Å². The van der Waals surface area contributed by atoms with E-state index >= 15 is 0 Å². The molecule has 0 fully saturated rings. The van der Waals surface area contributed by atoms with Crippen LogP contribution in [0.1, 0.15) is 47.6 Å². The molecule has 0 bridgehead atoms. The molecule has 0 aliphatic carbocycles. The summed E-state index contributed by atoms with van der Waals surface area (Å²) in [5.74, 6) is 0.582. The van der Waals surface area contributed by atoms with Gasteiger partial charge in [0.2, 0.25) is 0 Å². The Morgan fingerprint density at radius 1 is 0.510 bits per heavy atom. The van der Waals surface area contributed by atoms with Crippen LogP contribution in [0.3, 0.4) is 0 Å². The van der Waals surface area contributed by atoms with Gasteiger partial charge in [-0.05, 0) is 43.4 Å². The standard InChI is InChI=1S/C24H21.C19H19.C2H6Si.2ClH.Zr/c1-16-4-8-19(9-5-16)21-14-22-12-18(3)13-23(22)24(15-21)20-10-6-17(2)7-11-20;1-13(2)17-11-16-5-4-6-18(19(16)12-17)15-9-7-14(3)8-10-15;1-3-2;;;/h4-15H,1-3H3;4-13H,1-3H3;1-2H3;2*1H;/q2*-1;;;;+2/p-2. The first-order valence-electron chi connectivity index (χ1n) is 16.6. The van der Waals surface area contributed by atoms with Crippen LogP contribution in [0.15, 0.2) is 127 Å². The van der Waals surface area contributed by atoms with Crippen LogP contribution >= 0.6 is 0 Å². The van der Waals surface area contributed by atoms with E-state index in [4.69, 9.17) is 0 Å². The van der Waals surface area contributed by atoms with Gasteiger partial charge in [0.1, 0.15) is 0 Å². The van der Waals surface area contributed by atoms with Gasteiger partial charge in [-0.3, -0.25) is 0 Å². The topological polar surface area (TPSA) is 0 Å². The van der Waals surface area contributed by atoms with E-state index in [9.17, 15) is 0 Å². The minimum absolute atomic E-state index is 0. The second-order valence-corrected chi connectivity index (χ2v) is 22.8. The van der Waals surface area contributed by atoms with Crippen molar-refractivity contribution in [2.45, 2.75) is 60.6 Å². The first kappa shape index (κ1) is 40.4. The van der Waals surface area contributed by atoms with E-state index in [1.165, 1.54) is 82.7 Å². The Labute approximate surface area is 321 Å². The van der Waals surface area contributed by atoms with Crippen LogP contribution in [0.2, 0.25) is 13.1 Å². The molecule has 0 atom stereocenters. The van der Waals surface area contributed by atoms with Crippen molar-refractivity contribution in [2.24, 2.45) is 0 Å². The number of hydrogen-bond donors (Lipinski definition) is 0. The van der Waals surface area contributed by atoms with Crippen LogP contribution in [-0.4, -0.2) is 5.43 Å². The third kappa shape index (κ3) is 10.5. The fourth-order valence-electron chi connectivity index (χ4n) is 5.93. The fourth-order valence-corrected chi connectivity index (χ4v) is 5.93. The number of fused-ring (bicyclic) bond motifs is 2. The minimum Gasteiger partial charge on any atom is -1.00 e. The molecule has 49 heavy (non-hydrogen) atoms. The Morgan fingerprint density at radius 3 is 1.49 bits per heavy atom. The maximum Gasteiger partial charge on any atom is -0.0277 e. The van der Waals surface area contributed by atoms with Crippen molar-refractivity contribution in [1.29, 1.82) is 0 Å². The van der Waals surface area contributed by atoms with E-state index < -0.39 is 0 Å². The van der Waals surface area contributed by atoms with E-state index in [1.54, 1.807) is 23.3 Å². The predicted octanol–water partition coefficient (Wildman–Crippen LogP) is 7.27. The molecule has 0 unspecified atom stereocenters. The van der Waals surface area contributed by atoms with Gasteiger partial charge in [-0.2, -0.15) is 12.1 Å². The maximum absolute atomic E-state index is 2.34. The van der Waals surface area contributed by atoms with E-state index in [0.29, 0.717) is 5.92 Å². The second kappa shape index (κ2) is 18.3. The maximum atomic E-state index is 2.34. The molecule has 0 nitrogen and oxygen atoms in total. The molecule has 0 spiro atoms. The third-order valence-corrected chi connectivity index (χ3v) is 8.52. The van der Waals surface area contributed by atoms with Crippen LogP contribution in [0.5, 0.6) is 0 Å². The first-order chi connectivity index (χ1) is 22.5. The quantitative estimate of drug-likeness (QED) is 0.131. The van der Waals surface area contributed by atoms with Crippen LogP contribution in [0, 0.1) is 27.7 Å². The summed E-state index contributed by atoms with van der Waals surface area (Å²) in [5.41, 5.74) is 14.6. The van der Waals surface area contributed by atoms with Crippen molar-refractivity contribution in [2.75, 3.05) is 0 Å². The summed E-state index contributed by atoms with van der Waals surface area (Å²) in [6.45, 7) is 17.7. The Kier molecular flexibility index (Phi) is 15.1. The summed E-state index contributed by atoms with van der Waals surface area (Å²) >= 11 is 1.74. The summed E-state index contributed by atoms with van der Waals surface area (Å²) in [7, 11) is 0. The molecule has 0 aromatic heterocycles. The molecule has 0 saturated heterocycles. The van der Waals surface area contributed by atoms with Gasteiger partial charge < -0.3 is 24.8 Å². The number of rotatable bonds is 4. The van der Waals surface area contributed by atoms with Crippen molar-refractivity contribution in [1.82, 2.24) is 0 Å². The van der Waals surface area contributed by atoms with Crippen molar-refractivity contribution in [3.05, 3.63) is 155 Å². The Morgan fingerprint density at radius 2 is 0.980 bits per heavy atom. The van der Waals surface area contributed by atoms with Crippen molar-refractivity contribution < 1.29 is 48.1 Å². The Hall–Kier alpha value is -3.00. The van der Waals surface area contributed by atoms with Gasteiger partial charge in [0.05, 0.1) is 0 Å². The average Bonchev–Trinajstić information content (AvgIpc) is 3.65. The van der Waals surface area contributed by atoms with E-state index in [-0.39, 0.29) is 30.2 Å². The number of hydrogen-bond acceptors (Lipinski definition) is 0. The smallest absolute Gasteiger partial charge is 0.0277 e. The summed E-state index contributed by atoms with van der Waals surface area (Å²) in [4.78, 5) is 0. The molecule has 0 amide bonds. The Bertz CT molecular complexity index is 2110. The van der Waals surface area contributed by atoms with Crippen LogP contribution in [-0.2, 0) is 23.3 Å². The fraction of sp³-hybridized carbons (Fsp3) is 0.200. The molecule has 7 rings (SSSR count). The predicted molar refractivity (Wildman–Crippen MR) is 206 cm³/mol. The Balaban J connectivity index is 0.000000235. The first-order valence-corrected chi connectivity index (χ1v) is 22.8. The molecule has 0 N–H and O–H groups in total. The summed E-state index contributed by atoms with van der Waals surface area (Å²) < 4.78 is 0. The zero-order valence-corrected chi connectivity index (χ0v) is 34.9. The van der Waals surface area contributed by atoms with Crippen molar-refractivity contribution >= 4 is 27.0 Å².